The molecule has 1 aromatic rings. The molecule has 1 rings (SSSR count). The number of hydrogen-bond donors (Lipinski definition) is 1. The smallest absolute Gasteiger partial charge is 0.131 e. The first kappa shape index (κ1) is 14.9. The Morgan fingerprint density at radius 2 is 1.89 bits per heavy atom. The highest BCUT2D eigenvalue weighted by Gasteiger charge is 2.15. The molecule has 102 valence electrons. The zero-order valence-corrected chi connectivity index (χ0v) is 12.7. The summed E-state index contributed by atoms with van der Waals surface area (Å²) in [7, 11) is 0. The molecule has 0 aliphatic rings. The molecule has 0 aliphatic carbocycles. The van der Waals surface area contributed by atoms with E-state index in [0.717, 1.165) is 36.7 Å². The number of anilines is 1. The van der Waals surface area contributed by atoms with Crippen molar-refractivity contribution in [2.24, 2.45) is 5.41 Å². The van der Waals surface area contributed by atoms with Crippen LogP contribution in [0, 0.1) is 5.41 Å². The number of nitrogens with zero attached hydrogens (tertiary/aromatic N) is 2. The van der Waals surface area contributed by atoms with Gasteiger partial charge in [-0.15, -0.1) is 0 Å². The molecule has 0 fully saturated rings. The minimum Gasteiger partial charge on any atom is -0.370 e. The fourth-order valence-corrected chi connectivity index (χ4v) is 1.71. The molecule has 0 radical (unpaired) electrons. The highest BCUT2D eigenvalue weighted by molar-refractivity contribution is 5.37. The second-order valence-electron chi connectivity index (χ2n) is 6.41. The van der Waals surface area contributed by atoms with E-state index in [1.54, 1.807) is 0 Å². The van der Waals surface area contributed by atoms with Crippen LogP contribution in [0.3, 0.4) is 0 Å². The molecule has 0 atom stereocenters. The van der Waals surface area contributed by atoms with Crippen LogP contribution in [0.2, 0.25) is 0 Å². The van der Waals surface area contributed by atoms with E-state index in [-0.39, 0.29) is 5.41 Å². The summed E-state index contributed by atoms with van der Waals surface area (Å²) < 4.78 is 0. The largest absolute Gasteiger partial charge is 0.370 e. The summed E-state index contributed by atoms with van der Waals surface area (Å²) >= 11 is 0. The zero-order valence-electron chi connectivity index (χ0n) is 12.7. The van der Waals surface area contributed by atoms with Crippen molar-refractivity contribution in [3.63, 3.8) is 0 Å². The summed E-state index contributed by atoms with van der Waals surface area (Å²) in [5, 5.41) is 3.36. The molecule has 0 saturated heterocycles. The van der Waals surface area contributed by atoms with E-state index in [1.807, 2.05) is 0 Å². The summed E-state index contributed by atoms with van der Waals surface area (Å²) in [6.45, 7) is 14.1. The van der Waals surface area contributed by atoms with Crippen LogP contribution < -0.4 is 5.32 Å². The Morgan fingerprint density at radius 3 is 2.39 bits per heavy atom. The fraction of sp³-hybridized carbons (Fsp3) is 0.733. The normalized spacial score (nSPS) is 11.9. The highest BCUT2D eigenvalue weighted by Crippen LogP contribution is 2.22. The third kappa shape index (κ3) is 5.03. The first-order chi connectivity index (χ1) is 8.31. The Kier molecular flexibility index (Phi) is 5.12. The SMILES string of the molecule is CCCNc1cc(C(C)C)nc(CC(C)(C)C)n1. The molecular formula is C15H27N3. The van der Waals surface area contributed by atoms with Crippen LogP contribution in [0.1, 0.15) is 65.4 Å². The minimum atomic E-state index is 0.220. The minimum absolute atomic E-state index is 0.220. The van der Waals surface area contributed by atoms with Gasteiger partial charge in [-0.25, -0.2) is 9.97 Å². The van der Waals surface area contributed by atoms with Gasteiger partial charge in [-0.2, -0.15) is 0 Å². The predicted molar refractivity (Wildman–Crippen MR) is 78.1 cm³/mol. The van der Waals surface area contributed by atoms with Crippen molar-refractivity contribution < 1.29 is 0 Å². The van der Waals surface area contributed by atoms with Crippen molar-refractivity contribution in [2.75, 3.05) is 11.9 Å². The van der Waals surface area contributed by atoms with Crippen LogP contribution in [0.25, 0.3) is 0 Å². The third-order valence-corrected chi connectivity index (χ3v) is 2.63. The van der Waals surface area contributed by atoms with E-state index in [9.17, 15) is 0 Å². The van der Waals surface area contributed by atoms with Gasteiger partial charge in [-0.3, -0.25) is 0 Å². The molecule has 18 heavy (non-hydrogen) atoms. The Hall–Kier alpha value is -1.12. The van der Waals surface area contributed by atoms with Crippen LogP contribution in [-0.4, -0.2) is 16.5 Å². The quantitative estimate of drug-likeness (QED) is 0.856. The first-order valence-electron chi connectivity index (χ1n) is 6.93. The van der Waals surface area contributed by atoms with Crippen LogP contribution in [0.15, 0.2) is 6.07 Å². The molecule has 0 spiro atoms. The molecule has 0 unspecified atom stereocenters. The fourth-order valence-electron chi connectivity index (χ4n) is 1.71. The lowest BCUT2D eigenvalue weighted by molar-refractivity contribution is 0.400. The van der Waals surface area contributed by atoms with Gasteiger partial charge in [0.2, 0.25) is 0 Å². The summed E-state index contributed by atoms with van der Waals surface area (Å²) in [6.07, 6.45) is 2.02. The number of nitrogens with one attached hydrogen (secondary N) is 1. The highest BCUT2D eigenvalue weighted by atomic mass is 15.0. The number of rotatable bonds is 5. The van der Waals surface area contributed by atoms with E-state index in [1.165, 1.54) is 0 Å². The van der Waals surface area contributed by atoms with Crippen molar-refractivity contribution >= 4 is 5.82 Å². The van der Waals surface area contributed by atoms with Crippen molar-refractivity contribution in [2.45, 2.75) is 60.3 Å². The summed E-state index contributed by atoms with van der Waals surface area (Å²) in [4.78, 5) is 9.29. The maximum atomic E-state index is 4.68. The van der Waals surface area contributed by atoms with E-state index in [2.05, 4.69) is 62.9 Å². The lowest BCUT2D eigenvalue weighted by atomic mass is 9.92. The van der Waals surface area contributed by atoms with E-state index < -0.39 is 0 Å². The Labute approximate surface area is 111 Å². The van der Waals surface area contributed by atoms with E-state index in [0.29, 0.717) is 5.92 Å². The second kappa shape index (κ2) is 6.17. The molecule has 0 bridgehead atoms. The average Bonchev–Trinajstić information content (AvgIpc) is 2.23. The van der Waals surface area contributed by atoms with Gasteiger partial charge in [0.05, 0.1) is 0 Å². The molecule has 0 aliphatic heterocycles. The van der Waals surface area contributed by atoms with Crippen LogP contribution in [-0.2, 0) is 6.42 Å². The lowest BCUT2D eigenvalue weighted by Gasteiger charge is -2.18. The van der Waals surface area contributed by atoms with E-state index >= 15 is 0 Å². The predicted octanol–water partition coefficient (Wildman–Crippen LogP) is 4.01. The number of hydrogen-bond acceptors (Lipinski definition) is 3. The van der Waals surface area contributed by atoms with Crippen LogP contribution in [0.5, 0.6) is 0 Å². The van der Waals surface area contributed by atoms with Crippen molar-refractivity contribution in [1.82, 2.24) is 9.97 Å². The average molecular weight is 249 g/mol. The third-order valence-electron chi connectivity index (χ3n) is 2.63. The summed E-state index contributed by atoms with van der Waals surface area (Å²) in [5.74, 6) is 2.36. The van der Waals surface area contributed by atoms with Gasteiger partial charge in [-0.05, 0) is 17.8 Å². The molecule has 3 heteroatoms. The van der Waals surface area contributed by atoms with Gasteiger partial charge in [-0.1, -0.05) is 41.5 Å². The maximum absolute atomic E-state index is 4.68. The molecule has 0 aromatic carbocycles. The molecule has 0 amide bonds. The Bertz CT molecular complexity index is 378. The molecule has 3 nitrogen and oxygen atoms in total. The maximum Gasteiger partial charge on any atom is 0.131 e. The zero-order chi connectivity index (χ0) is 13.8. The van der Waals surface area contributed by atoms with Crippen molar-refractivity contribution in [1.29, 1.82) is 0 Å². The Morgan fingerprint density at radius 1 is 1.22 bits per heavy atom. The second-order valence-corrected chi connectivity index (χ2v) is 6.41. The monoisotopic (exact) mass is 249 g/mol. The summed E-state index contributed by atoms with van der Waals surface area (Å²) in [5.41, 5.74) is 1.35. The van der Waals surface area contributed by atoms with Gasteiger partial charge in [0.1, 0.15) is 11.6 Å². The molecule has 0 saturated carbocycles. The topological polar surface area (TPSA) is 37.8 Å². The van der Waals surface area contributed by atoms with Crippen LogP contribution in [0.4, 0.5) is 5.82 Å². The van der Waals surface area contributed by atoms with E-state index in [4.69, 9.17) is 0 Å². The van der Waals surface area contributed by atoms with Crippen LogP contribution >= 0.6 is 0 Å². The van der Waals surface area contributed by atoms with Gasteiger partial charge >= 0.3 is 0 Å². The molecule has 1 aromatic heterocycles. The molecular weight excluding hydrogens is 222 g/mol. The van der Waals surface area contributed by atoms with Gasteiger partial charge in [0, 0.05) is 24.7 Å². The lowest BCUT2D eigenvalue weighted by Crippen LogP contribution is -2.15. The standard InChI is InChI=1S/C15H27N3/c1-7-8-16-13-9-12(11(2)3)17-14(18-13)10-15(4,5)6/h9,11H,7-8,10H2,1-6H3,(H,16,17,18). The first-order valence-corrected chi connectivity index (χ1v) is 6.93. The van der Waals surface area contributed by atoms with Gasteiger partial charge < -0.3 is 5.32 Å². The molecule has 1 heterocycles. The van der Waals surface area contributed by atoms with Crippen molar-refractivity contribution in [3.05, 3.63) is 17.6 Å². The summed E-state index contributed by atoms with van der Waals surface area (Å²) in [6, 6.07) is 2.08. The van der Waals surface area contributed by atoms with Gasteiger partial charge in [0.15, 0.2) is 0 Å². The number of aromatic nitrogens is 2. The van der Waals surface area contributed by atoms with Gasteiger partial charge in [0.25, 0.3) is 0 Å². The van der Waals surface area contributed by atoms with Crippen molar-refractivity contribution in [3.8, 4) is 0 Å². The molecule has 1 N–H and O–H groups in total. The Balaban J connectivity index is 2.98.